The first-order valence-corrected chi connectivity index (χ1v) is 4.37. The van der Waals surface area contributed by atoms with Crippen molar-refractivity contribution < 1.29 is 4.11 Å². The maximum absolute atomic E-state index is 8.33. The van der Waals surface area contributed by atoms with E-state index in [2.05, 4.69) is 0 Å². The molecule has 0 N–H and O–H groups in total. The molecule has 1 aliphatic rings. The molecule has 1 aliphatic carbocycles. The minimum Gasteiger partial charge on any atom is -0.0879 e. The summed E-state index contributed by atoms with van der Waals surface area (Å²) in [5.41, 5.74) is 0.833. The Morgan fingerprint density at radius 2 is 2.17 bits per heavy atom. The molecule has 0 aromatic heterocycles. The fourth-order valence-corrected chi connectivity index (χ4v) is 1.44. The van der Waals surface area contributed by atoms with Gasteiger partial charge in [-0.1, -0.05) is 42.4 Å². The molecule has 0 spiro atoms. The van der Waals surface area contributed by atoms with Gasteiger partial charge in [-0.3, -0.25) is 0 Å². The Bertz CT molecular complexity index is 383. The smallest absolute Gasteiger partial charge is 0.0579 e. The molecule has 0 amide bonds. The van der Waals surface area contributed by atoms with Gasteiger partial charge in [0.1, 0.15) is 0 Å². The maximum atomic E-state index is 8.33. The minimum absolute atomic E-state index is 0.167. The fourth-order valence-electron chi connectivity index (χ4n) is 1.44. The first-order chi connectivity index (χ1) is 7.14. The summed E-state index contributed by atoms with van der Waals surface area (Å²) in [7, 11) is 0. The molecule has 0 fully saturated rings. The van der Waals surface area contributed by atoms with Crippen LogP contribution in [0.3, 0.4) is 0 Å². The SMILES string of the molecule is [2H]C1=C([2H])C([2H])(c2ccccc2)CCC1. The van der Waals surface area contributed by atoms with Crippen molar-refractivity contribution in [3.8, 4) is 0 Å². The van der Waals surface area contributed by atoms with Crippen LogP contribution in [0.2, 0.25) is 0 Å². The molecule has 62 valence electrons. The van der Waals surface area contributed by atoms with E-state index in [0.717, 1.165) is 12.0 Å². The number of benzene rings is 1. The number of hydrogen-bond acceptors (Lipinski definition) is 0. The van der Waals surface area contributed by atoms with Crippen molar-refractivity contribution >= 4 is 0 Å². The third-order valence-electron chi connectivity index (χ3n) is 2.09. The van der Waals surface area contributed by atoms with Gasteiger partial charge in [0, 0.05) is 7.26 Å². The van der Waals surface area contributed by atoms with Crippen molar-refractivity contribution in [2.45, 2.75) is 25.2 Å². The average Bonchev–Trinajstić information content (AvgIpc) is 2.27. The van der Waals surface area contributed by atoms with E-state index >= 15 is 0 Å². The summed E-state index contributed by atoms with van der Waals surface area (Å²) >= 11 is 0. The molecular weight excluding hydrogens is 144 g/mol. The molecular formula is C12H14. The van der Waals surface area contributed by atoms with Gasteiger partial charge in [-0.15, -0.1) is 0 Å². The quantitative estimate of drug-likeness (QED) is 0.553. The van der Waals surface area contributed by atoms with Crippen LogP contribution in [-0.2, 0) is 0 Å². The summed E-state index contributed by atoms with van der Waals surface area (Å²) < 4.78 is 23.9. The zero-order chi connectivity index (χ0) is 10.9. The third-order valence-corrected chi connectivity index (χ3v) is 2.09. The van der Waals surface area contributed by atoms with Gasteiger partial charge in [0.05, 0.1) is 2.74 Å². The van der Waals surface area contributed by atoms with Crippen LogP contribution in [-0.4, -0.2) is 0 Å². The minimum atomic E-state index is -0.989. The topological polar surface area (TPSA) is 0 Å². The van der Waals surface area contributed by atoms with E-state index in [4.69, 9.17) is 4.11 Å². The van der Waals surface area contributed by atoms with Gasteiger partial charge < -0.3 is 0 Å². The largest absolute Gasteiger partial charge is 0.0879 e. The summed E-state index contributed by atoms with van der Waals surface area (Å²) in [6.07, 6.45) is 2.13. The van der Waals surface area contributed by atoms with E-state index in [1.165, 1.54) is 0 Å². The van der Waals surface area contributed by atoms with Crippen LogP contribution in [0.1, 0.15) is 34.8 Å². The molecule has 0 saturated heterocycles. The fraction of sp³-hybridized carbons (Fsp3) is 0.333. The molecule has 0 heteroatoms. The summed E-state index contributed by atoms with van der Waals surface area (Å²) in [4.78, 5) is 0. The Morgan fingerprint density at radius 1 is 1.33 bits per heavy atom. The Morgan fingerprint density at radius 3 is 3.00 bits per heavy atom. The van der Waals surface area contributed by atoms with E-state index in [-0.39, 0.29) is 6.05 Å². The monoisotopic (exact) mass is 161 g/mol. The second-order valence-corrected chi connectivity index (χ2v) is 3.00. The lowest BCUT2D eigenvalue weighted by atomic mass is 9.89. The van der Waals surface area contributed by atoms with Crippen molar-refractivity contribution in [3.63, 3.8) is 0 Å². The van der Waals surface area contributed by atoms with Crippen LogP contribution >= 0.6 is 0 Å². The predicted octanol–water partition coefficient (Wildman–Crippen LogP) is 3.51. The van der Waals surface area contributed by atoms with Gasteiger partial charge in [-0.25, -0.2) is 0 Å². The van der Waals surface area contributed by atoms with E-state index in [1.54, 1.807) is 0 Å². The predicted molar refractivity (Wildman–Crippen MR) is 52.2 cm³/mol. The highest BCUT2D eigenvalue weighted by molar-refractivity contribution is 5.24. The molecule has 2 rings (SSSR count). The molecule has 1 aromatic rings. The van der Waals surface area contributed by atoms with E-state index < -0.39 is 5.89 Å². The van der Waals surface area contributed by atoms with Crippen molar-refractivity contribution in [1.82, 2.24) is 0 Å². The summed E-state index contributed by atoms with van der Waals surface area (Å²) in [5.74, 6) is -0.989. The van der Waals surface area contributed by atoms with Crippen LogP contribution in [0.25, 0.3) is 0 Å². The average molecular weight is 161 g/mol. The van der Waals surface area contributed by atoms with Crippen LogP contribution in [0.4, 0.5) is 0 Å². The first kappa shape index (κ1) is 4.86. The number of rotatable bonds is 1. The highest BCUT2D eigenvalue weighted by Gasteiger charge is 2.09. The number of allylic oxidation sites excluding steroid dienone is 2. The molecule has 0 bridgehead atoms. The standard InChI is InChI=1S/C12H14/c1-3-7-11(8-4-1)12-9-5-2-6-10-12/h1,3-5,7-9,12H,2,6,10H2/i5D,9D,12D. The first-order valence-electron chi connectivity index (χ1n) is 5.87. The van der Waals surface area contributed by atoms with Crippen molar-refractivity contribution in [2.24, 2.45) is 0 Å². The number of hydrogen-bond donors (Lipinski definition) is 0. The lowest BCUT2D eigenvalue weighted by Gasteiger charge is -2.16. The summed E-state index contributed by atoms with van der Waals surface area (Å²) in [5, 5.41) is 0. The molecule has 1 atom stereocenters. The summed E-state index contributed by atoms with van der Waals surface area (Å²) in [6, 6.07) is 9.92. The summed E-state index contributed by atoms with van der Waals surface area (Å²) in [6.45, 7) is 0. The van der Waals surface area contributed by atoms with Crippen molar-refractivity contribution in [1.29, 1.82) is 0 Å². The van der Waals surface area contributed by atoms with Gasteiger partial charge >= 0.3 is 0 Å². The molecule has 0 radical (unpaired) electrons. The van der Waals surface area contributed by atoms with Gasteiger partial charge in [-0.2, -0.15) is 0 Å². The molecule has 0 saturated carbocycles. The van der Waals surface area contributed by atoms with Crippen LogP contribution in [0.15, 0.2) is 42.4 Å². The Labute approximate surface area is 78.1 Å². The van der Waals surface area contributed by atoms with Crippen LogP contribution in [0, 0.1) is 0 Å². The van der Waals surface area contributed by atoms with Crippen LogP contribution in [0.5, 0.6) is 0 Å². The van der Waals surface area contributed by atoms with Gasteiger partial charge in [-0.05, 0) is 24.8 Å². The van der Waals surface area contributed by atoms with E-state index in [1.807, 2.05) is 30.3 Å². The zero-order valence-corrected chi connectivity index (χ0v) is 7.01. The molecule has 0 nitrogen and oxygen atoms in total. The third kappa shape index (κ3) is 1.58. The molecule has 1 aromatic carbocycles. The Kier molecular flexibility index (Phi) is 1.45. The van der Waals surface area contributed by atoms with Gasteiger partial charge in [0.2, 0.25) is 0 Å². The van der Waals surface area contributed by atoms with Crippen molar-refractivity contribution in [2.75, 3.05) is 0 Å². The van der Waals surface area contributed by atoms with E-state index in [9.17, 15) is 0 Å². The second kappa shape index (κ2) is 3.57. The zero-order valence-electron chi connectivity index (χ0n) is 10.0. The van der Waals surface area contributed by atoms with Crippen LogP contribution < -0.4 is 0 Å². The second-order valence-electron chi connectivity index (χ2n) is 3.00. The molecule has 1 unspecified atom stereocenters. The molecule has 0 heterocycles. The Balaban J connectivity index is 2.47. The lowest BCUT2D eigenvalue weighted by molar-refractivity contribution is 0.654. The maximum Gasteiger partial charge on any atom is 0.0579 e. The van der Waals surface area contributed by atoms with E-state index in [0.29, 0.717) is 18.9 Å². The van der Waals surface area contributed by atoms with Crippen molar-refractivity contribution in [3.05, 3.63) is 48.0 Å². The highest BCUT2D eigenvalue weighted by Crippen LogP contribution is 2.26. The highest BCUT2D eigenvalue weighted by atomic mass is 14.1. The van der Waals surface area contributed by atoms with Gasteiger partial charge in [0.25, 0.3) is 0 Å². The Hall–Kier alpha value is -1.04. The molecule has 0 aliphatic heterocycles. The molecule has 12 heavy (non-hydrogen) atoms. The van der Waals surface area contributed by atoms with Gasteiger partial charge in [0.15, 0.2) is 0 Å². The normalized spacial score (nSPS) is 33.8. The lowest BCUT2D eigenvalue weighted by Crippen LogP contribution is -1.98.